The number of fused-ring (bicyclic) bond motifs is 1. The minimum Gasteiger partial charge on any atom is -0.397 e. The second-order valence-corrected chi connectivity index (χ2v) is 9.06. The van der Waals surface area contributed by atoms with Crippen LogP contribution in [0, 0.1) is 6.92 Å². The van der Waals surface area contributed by atoms with Gasteiger partial charge < -0.3 is 11.1 Å². The number of carbonyl (C=O) groups is 1. The van der Waals surface area contributed by atoms with E-state index in [4.69, 9.17) is 5.73 Å². The maximum absolute atomic E-state index is 13.2. The standard InChI is InChI=1S/C23H27N3O3S/c1-3-4-11-21(23(27)25-20-14-13-16(2)15-19(20)24)26-30(28,29)22-12-7-9-17-8-5-6-10-18(17)22/h5-10,12-15,21,26H,3-4,11,24H2,1-2H3,(H,25,27)/t21-/m0/s1. The molecule has 0 heterocycles. The normalized spacial score (nSPS) is 12.6. The zero-order chi connectivity index (χ0) is 21.7. The predicted molar refractivity (Wildman–Crippen MR) is 122 cm³/mol. The van der Waals surface area contributed by atoms with Gasteiger partial charge in [-0.2, -0.15) is 4.72 Å². The summed E-state index contributed by atoms with van der Waals surface area (Å²) in [6.07, 6.45) is 1.93. The van der Waals surface area contributed by atoms with E-state index in [1.807, 2.05) is 38.1 Å². The molecule has 1 amide bonds. The Morgan fingerprint density at radius 1 is 1.07 bits per heavy atom. The monoisotopic (exact) mass is 425 g/mol. The van der Waals surface area contributed by atoms with Gasteiger partial charge in [0, 0.05) is 5.39 Å². The van der Waals surface area contributed by atoms with Crippen molar-refractivity contribution < 1.29 is 13.2 Å². The largest absolute Gasteiger partial charge is 0.397 e. The molecule has 0 aliphatic heterocycles. The average Bonchev–Trinajstić information content (AvgIpc) is 2.72. The van der Waals surface area contributed by atoms with Gasteiger partial charge in [0.1, 0.15) is 6.04 Å². The van der Waals surface area contributed by atoms with Crippen LogP contribution in [-0.2, 0) is 14.8 Å². The summed E-state index contributed by atoms with van der Waals surface area (Å²) in [6, 6.07) is 16.8. The Balaban J connectivity index is 1.88. The highest BCUT2D eigenvalue weighted by Gasteiger charge is 2.27. The Hall–Kier alpha value is -2.90. The minimum atomic E-state index is -3.91. The van der Waals surface area contributed by atoms with Crippen LogP contribution in [0.4, 0.5) is 11.4 Å². The predicted octanol–water partition coefficient (Wildman–Crippen LogP) is 4.21. The van der Waals surface area contributed by atoms with Gasteiger partial charge in [0.25, 0.3) is 0 Å². The first-order chi connectivity index (χ1) is 14.3. The highest BCUT2D eigenvalue weighted by atomic mass is 32.2. The van der Waals surface area contributed by atoms with Crippen molar-refractivity contribution in [1.29, 1.82) is 0 Å². The number of rotatable bonds is 8. The zero-order valence-electron chi connectivity index (χ0n) is 17.2. The van der Waals surface area contributed by atoms with Crippen molar-refractivity contribution in [3.05, 3.63) is 66.2 Å². The fourth-order valence-electron chi connectivity index (χ4n) is 3.35. The topological polar surface area (TPSA) is 101 Å². The lowest BCUT2D eigenvalue weighted by molar-refractivity contribution is -0.117. The van der Waals surface area contributed by atoms with Crippen LogP contribution in [0.5, 0.6) is 0 Å². The third kappa shape index (κ3) is 4.98. The van der Waals surface area contributed by atoms with Crippen LogP contribution in [0.15, 0.2) is 65.6 Å². The van der Waals surface area contributed by atoms with E-state index in [-0.39, 0.29) is 4.90 Å². The first-order valence-electron chi connectivity index (χ1n) is 9.99. The molecule has 3 aromatic carbocycles. The fraction of sp³-hybridized carbons (Fsp3) is 0.261. The van der Waals surface area contributed by atoms with Crippen molar-refractivity contribution in [3.63, 3.8) is 0 Å². The molecule has 7 heteroatoms. The number of anilines is 2. The summed E-state index contributed by atoms with van der Waals surface area (Å²) < 4.78 is 29.0. The Labute approximate surface area is 177 Å². The van der Waals surface area contributed by atoms with E-state index in [1.165, 1.54) is 0 Å². The number of nitrogen functional groups attached to an aromatic ring is 1. The Morgan fingerprint density at radius 3 is 2.53 bits per heavy atom. The van der Waals surface area contributed by atoms with Crippen LogP contribution < -0.4 is 15.8 Å². The molecular weight excluding hydrogens is 398 g/mol. The molecule has 6 nitrogen and oxygen atoms in total. The molecule has 0 aliphatic rings. The van der Waals surface area contributed by atoms with E-state index in [0.29, 0.717) is 29.6 Å². The van der Waals surface area contributed by atoms with Crippen molar-refractivity contribution >= 4 is 38.1 Å². The average molecular weight is 426 g/mol. The Morgan fingerprint density at radius 2 is 1.80 bits per heavy atom. The zero-order valence-corrected chi connectivity index (χ0v) is 18.0. The first kappa shape index (κ1) is 21.8. The molecule has 0 radical (unpaired) electrons. The Bertz CT molecular complexity index is 1150. The lowest BCUT2D eigenvalue weighted by Crippen LogP contribution is -2.43. The number of benzene rings is 3. The number of hydrogen-bond donors (Lipinski definition) is 3. The molecule has 0 unspecified atom stereocenters. The summed E-state index contributed by atoms with van der Waals surface area (Å²) in [5.74, 6) is -0.428. The van der Waals surface area contributed by atoms with E-state index in [1.54, 1.807) is 36.4 Å². The van der Waals surface area contributed by atoms with E-state index < -0.39 is 22.0 Å². The summed E-state index contributed by atoms with van der Waals surface area (Å²) in [6.45, 7) is 3.90. The second kappa shape index (κ2) is 9.28. The van der Waals surface area contributed by atoms with Crippen LogP contribution in [0.3, 0.4) is 0 Å². The molecule has 0 aliphatic carbocycles. The molecular formula is C23H27N3O3S. The number of nitrogens with two attached hydrogens (primary N) is 1. The lowest BCUT2D eigenvalue weighted by Gasteiger charge is -2.20. The van der Waals surface area contributed by atoms with Crippen molar-refractivity contribution in [1.82, 2.24) is 4.72 Å². The van der Waals surface area contributed by atoms with Crippen molar-refractivity contribution in [2.24, 2.45) is 0 Å². The minimum absolute atomic E-state index is 0.157. The fourth-order valence-corrected chi connectivity index (χ4v) is 4.81. The number of unbranched alkanes of at least 4 members (excludes halogenated alkanes) is 1. The highest BCUT2D eigenvalue weighted by Crippen LogP contribution is 2.24. The quantitative estimate of drug-likeness (QED) is 0.471. The van der Waals surface area contributed by atoms with E-state index in [9.17, 15) is 13.2 Å². The number of nitrogens with one attached hydrogen (secondary N) is 2. The maximum Gasteiger partial charge on any atom is 0.242 e. The summed E-state index contributed by atoms with van der Waals surface area (Å²) in [4.78, 5) is 13.1. The van der Waals surface area contributed by atoms with Gasteiger partial charge in [-0.05, 0) is 42.5 Å². The summed E-state index contributed by atoms with van der Waals surface area (Å²) >= 11 is 0. The first-order valence-corrected chi connectivity index (χ1v) is 11.5. The molecule has 0 saturated heterocycles. The SMILES string of the molecule is CCCC[C@H](NS(=O)(=O)c1cccc2ccccc12)C(=O)Nc1ccc(C)cc1N. The van der Waals surface area contributed by atoms with E-state index >= 15 is 0 Å². The van der Waals surface area contributed by atoms with Crippen molar-refractivity contribution in [2.75, 3.05) is 11.1 Å². The smallest absolute Gasteiger partial charge is 0.242 e. The number of aryl methyl sites for hydroxylation is 1. The van der Waals surface area contributed by atoms with Gasteiger partial charge in [-0.15, -0.1) is 0 Å². The van der Waals surface area contributed by atoms with E-state index in [0.717, 1.165) is 17.4 Å². The maximum atomic E-state index is 13.2. The van der Waals surface area contributed by atoms with Crippen LogP contribution >= 0.6 is 0 Å². The van der Waals surface area contributed by atoms with Gasteiger partial charge in [-0.1, -0.05) is 62.2 Å². The molecule has 0 spiro atoms. The molecule has 0 fully saturated rings. The summed E-state index contributed by atoms with van der Waals surface area (Å²) in [7, 11) is -3.91. The number of amides is 1. The third-order valence-electron chi connectivity index (χ3n) is 4.96. The summed E-state index contributed by atoms with van der Waals surface area (Å²) in [5.41, 5.74) is 7.88. The van der Waals surface area contributed by atoms with Crippen LogP contribution in [-0.4, -0.2) is 20.4 Å². The Kier molecular flexibility index (Phi) is 6.74. The molecule has 1 atom stereocenters. The third-order valence-corrected chi connectivity index (χ3v) is 6.49. The molecule has 0 aromatic heterocycles. The molecule has 30 heavy (non-hydrogen) atoms. The molecule has 4 N–H and O–H groups in total. The van der Waals surface area contributed by atoms with Gasteiger partial charge in [-0.25, -0.2) is 8.42 Å². The number of carbonyl (C=O) groups excluding carboxylic acids is 1. The van der Waals surface area contributed by atoms with Crippen molar-refractivity contribution in [3.8, 4) is 0 Å². The van der Waals surface area contributed by atoms with Gasteiger partial charge >= 0.3 is 0 Å². The molecule has 3 aromatic rings. The number of sulfonamides is 1. The van der Waals surface area contributed by atoms with Crippen LogP contribution in [0.25, 0.3) is 10.8 Å². The molecule has 0 saturated carbocycles. The second-order valence-electron chi connectivity index (χ2n) is 7.37. The van der Waals surface area contributed by atoms with E-state index in [2.05, 4.69) is 10.0 Å². The van der Waals surface area contributed by atoms with Gasteiger partial charge in [0.05, 0.1) is 16.3 Å². The molecule has 158 valence electrons. The van der Waals surface area contributed by atoms with Crippen LogP contribution in [0.2, 0.25) is 0 Å². The lowest BCUT2D eigenvalue weighted by atomic mass is 10.1. The van der Waals surface area contributed by atoms with Gasteiger partial charge in [0.15, 0.2) is 0 Å². The molecule has 3 rings (SSSR count). The van der Waals surface area contributed by atoms with Gasteiger partial charge in [-0.3, -0.25) is 4.79 Å². The summed E-state index contributed by atoms with van der Waals surface area (Å²) in [5, 5.41) is 4.20. The van der Waals surface area contributed by atoms with Gasteiger partial charge in [0.2, 0.25) is 15.9 Å². The molecule has 0 bridgehead atoms. The van der Waals surface area contributed by atoms with Crippen LogP contribution in [0.1, 0.15) is 31.7 Å². The van der Waals surface area contributed by atoms with Crippen molar-refractivity contribution in [2.45, 2.75) is 44.0 Å². The number of hydrogen-bond acceptors (Lipinski definition) is 4. The highest BCUT2D eigenvalue weighted by molar-refractivity contribution is 7.89.